The molecule has 2 N–H and O–H groups in total. The molecular formula is C9H14O3. The molecule has 0 bridgehead atoms. The molecule has 1 rings (SSSR count). The lowest BCUT2D eigenvalue weighted by atomic mass is 9.66. The van der Waals surface area contributed by atoms with E-state index in [0.717, 1.165) is 6.42 Å². The van der Waals surface area contributed by atoms with Gasteiger partial charge in [0.05, 0.1) is 11.5 Å². The van der Waals surface area contributed by atoms with Crippen molar-refractivity contribution in [3.8, 4) is 0 Å². The van der Waals surface area contributed by atoms with E-state index in [1.165, 1.54) is 0 Å². The number of carboxylic acids is 1. The van der Waals surface area contributed by atoms with Gasteiger partial charge in [-0.05, 0) is 19.3 Å². The van der Waals surface area contributed by atoms with Crippen LogP contribution in [0.1, 0.15) is 26.2 Å². The lowest BCUT2D eigenvalue weighted by Crippen LogP contribution is -2.45. The average molecular weight is 170 g/mol. The summed E-state index contributed by atoms with van der Waals surface area (Å²) in [6, 6.07) is 0. The molecule has 3 nitrogen and oxygen atoms in total. The minimum Gasteiger partial charge on any atom is -0.481 e. The van der Waals surface area contributed by atoms with Gasteiger partial charge in [0.1, 0.15) is 0 Å². The third-order valence-electron chi connectivity index (χ3n) is 2.30. The van der Waals surface area contributed by atoms with E-state index in [4.69, 9.17) is 10.2 Å². The van der Waals surface area contributed by atoms with Gasteiger partial charge in [0.15, 0.2) is 0 Å². The van der Waals surface area contributed by atoms with Gasteiger partial charge in [0.2, 0.25) is 0 Å². The molecule has 0 heterocycles. The van der Waals surface area contributed by atoms with Gasteiger partial charge >= 0.3 is 5.97 Å². The monoisotopic (exact) mass is 170 g/mol. The minimum atomic E-state index is -0.822. The van der Waals surface area contributed by atoms with E-state index in [9.17, 15) is 4.79 Å². The highest BCUT2D eigenvalue weighted by molar-refractivity contribution is 5.78. The van der Waals surface area contributed by atoms with Crippen LogP contribution < -0.4 is 0 Å². The summed E-state index contributed by atoms with van der Waals surface area (Å²) < 4.78 is 0. The summed E-state index contributed by atoms with van der Waals surface area (Å²) in [6.45, 7) is 1.96. The third kappa shape index (κ3) is 1.50. The van der Waals surface area contributed by atoms with Crippen LogP contribution in [0.4, 0.5) is 0 Å². The first kappa shape index (κ1) is 9.26. The SMILES string of the molecule is CC/C=C/C1(C(=O)O)CC(O)C1. The van der Waals surface area contributed by atoms with Crippen molar-refractivity contribution < 1.29 is 15.0 Å². The van der Waals surface area contributed by atoms with E-state index in [2.05, 4.69) is 0 Å². The van der Waals surface area contributed by atoms with Crippen LogP contribution in [0.25, 0.3) is 0 Å². The normalized spacial score (nSPS) is 35.0. The van der Waals surface area contributed by atoms with E-state index >= 15 is 0 Å². The lowest BCUT2D eigenvalue weighted by Gasteiger charge is -2.39. The summed E-state index contributed by atoms with van der Waals surface area (Å²) in [5.41, 5.74) is -0.768. The fourth-order valence-electron chi connectivity index (χ4n) is 1.51. The van der Waals surface area contributed by atoms with Gasteiger partial charge in [0.25, 0.3) is 0 Å². The third-order valence-corrected chi connectivity index (χ3v) is 2.30. The Bertz CT molecular complexity index is 202. The Morgan fingerprint density at radius 1 is 1.67 bits per heavy atom. The Labute approximate surface area is 71.7 Å². The van der Waals surface area contributed by atoms with Crippen molar-refractivity contribution in [2.75, 3.05) is 0 Å². The maximum Gasteiger partial charge on any atom is 0.313 e. The molecule has 1 saturated carbocycles. The van der Waals surface area contributed by atoms with Gasteiger partial charge in [-0.2, -0.15) is 0 Å². The predicted octanol–water partition coefficient (Wildman–Crippen LogP) is 1.18. The highest BCUT2D eigenvalue weighted by Crippen LogP contribution is 2.42. The number of aliphatic hydroxyl groups is 1. The quantitative estimate of drug-likeness (QED) is 0.625. The zero-order chi connectivity index (χ0) is 9.19. The first-order valence-corrected chi connectivity index (χ1v) is 4.20. The number of rotatable bonds is 3. The summed E-state index contributed by atoms with van der Waals surface area (Å²) in [5.74, 6) is -0.822. The first-order valence-electron chi connectivity index (χ1n) is 4.20. The summed E-state index contributed by atoms with van der Waals surface area (Å²) >= 11 is 0. The van der Waals surface area contributed by atoms with Gasteiger partial charge in [-0.1, -0.05) is 19.1 Å². The molecule has 3 heteroatoms. The van der Waals surface area contributed by atoms with Crippen LogP contribution in [0.2, 0.25) is 0 Å². The van der Waals surface area contributed by atoms with Crippen molar-refractivity contribution in [1.29, 1.82) is 0 Å². The Kier molecular flexibility index (Phi) is 2.52. The van der Waals surface area contributed by atoms with Crippen LogP contribution in [-0.2, 0) is 4.79 Å². The smallest absolute Gasteiger partial charge is 0.313 e. The van der Waals surface area contributed by atoms with Gasteiger partial charge < -0.3 is 10.2 Å². The molecule has 0 spiro atoms. The Balaban J connectivity index is 2.63. The summed E-state index contributed by atoms with van der Waals surface area (Å²) in [6.07, 6.45) is 4.69. The Morgan fingerprint density at radius 2 is 2.25 bits per heavy atom. The van der Waals surface area contributed by atoms with E-state index in [1.54, 1.807) is 6.08 Å². The van der Waals surface area contributed by atoms with Crippen molar-refractivity contribution in [2.24, 2.45) is 5.41 Å². The van der Waals surface area contributed by atoms with Crippen LogP contribution in [0.5, 0.6) is 0 Å². The molecule has 0 unspecified atom stereocenters. The van der Waals surface area contributed by atoms with E-state index in [0.29, 0.717) is 12.8 Å². The van der Waals surface area contributed by atoms with E-state index < -0.39 is 17.5 Å². The van der Waals surface area contributed by atoms with Crippen LogP contribution >= 0.6 is 0 Å². The second-order valence-corrected chi connectivity index (χ2v) is 3.33. The second-order valence-electron chi connectivity index (χ2n) is 3.33. The van der Waals surface area contributed by atoms with Crippen molar-refractivity contribution in [3.05, 3.63) is 12.2 Å². The van der Waals surface area contributed by atoms with Crippen molar-refractivity contribution >= 4 is 5.97 Å². The number of hydrogen-bond acceptors (Lipinski definition) is 2. The molecule has 1 aliphatic rings. The molecule has 1 fully saturated rings. The Morgan fingerprint density at radius 3 is 2.58 bits per heavy atom. The number of hydrogen-bond donors (Lipinski definition) is 2. The fourth-order valence-corrected chi connectivity index (χ4v) is 1.51. The molecule has 0 amide bonds. The first-order chi connectivity index (χ1) is 5.60. The van der Waals surface area contributed by atoms with E-state index in [-0.39, 0.29) is 0 Å². The number of carboxylic acid groups (broad SMARTS) is 1. The molecule has 0 aliphatic heterocycles. The standard InChI is InChI=1S/C9H14O3/c1-2-3-4-9(8(11)12)5-7(10)6-9/h3-4,7,10H,2,5-6H2,1H3,(H,11,12)/b4-3+. The minimum absolute atomic E-state index is 0.360. The molecule has 0 aromatic heterocycles. The lowest BCUT2D eigenvalue weighted by molar-refractivity contribution is -0.156. The van der Waals surface area contributed by atoms with Crippen LogP contribution in [-0.4, -0.2) is 22.3 Å². The maximum absolute atomic E-state index is 10.8. The van der Waals surface area contributed by atoms with Crippen LogP contribution in [0.3, 0.4) is 0 Å². The summed E-state index contributed by atoms with van der Waals surface area (Å²) in [7, 11) is 0. The average Bonchev–Trinajstić information content (AvgIpc) is 1.95. The highest BCUT2D eigenvalue weighted by Gasteiger charge is 2.47. The molecule has 0 atom stereocenters. The Hall–Kier alpha value is -0.830. The molecular weight excluding hydrogens is 156 g/mol. The highest BCUT2D eigenvalue weighted by atomic mass is 16.4. The predicted molar refractivity (Wildman–Crippen MR) is 44.7 cm³/mol. The molecule has 12 heavy (non-hydrogen) atoms. The van der Waals surface area contributed by atoms with Crippen molar-refractivity contribution in [2.45, 2.75) is 32.3 Å². The molecule has 0 aromatic carbocycles. The van der Waals surface area contributed by atoms with Gasteiger partial charge in [-0.3, -0.25) is 4.79 Å². The maximum atomic E-state index is 10.8. The van der Waals surface area contributed by atoms with Gasteiger partial charge in [-0.25, -0.2) is 0 Å². The zero-order valence-electron chi connectivity index (χ0n) is 7.16. The fraction of sp³-hybridized carbons (Fsp3) is 0.667. The number of aliphatic hydroxyl groups excluding tert-OH is 1. The number of carbonyl (C=O) groups is 1. The molecule has 0 aromatic rings. The van der Waals surface area contributed by atoms with Crippen molar-refractivity contribution in [1.82, 2.24) is 0 Å². The van der Waals surface area contributed by atoms with Gasteiger partial charge in [0, 0.05) is 0 Å². The van der Waals surface area contributed by atoms with E-state index in [1.807, 2.05) is 13.0 Å². The number of allylic oxidation sites excluding steroid dienone is 1. The molecule has 1 aliphatic carbocycles. The zero-order valence-corrected chi connectivity index (χ0v) is 7.16. The molecule has 0 radical (unpaired) electrons. The summed E-state index contributed by atoms with van der Waals surface area (Å²) in [4.78, 5) is 10.8. The molecule has 0 saturated heterocycles. The van der Waals surface area contributed by atoms with Crippen LogP contribution in [0.15, 0.2) is 12.2 Å². The largest absolute Gasteiger partial charge is 0.481 e. The molecule has 68 valence electrons. The second kappa shape index (κ2) is 3.27. The van der Waals surface area contributed by atoms with Crippen LogP contribution in [0, 0.1) is 5.41 Å². The number of aliphatic carboxylic acids is 1. The topological polar surface area (TPSA) is 57.5 Å². The van der Waals surface area contributed by atoms with Gasteiger partial charge in [-0.15, -0.1) is 0 Å². The van der Waals surface area contributed by atoms with Crippen molar-refractivity contribution in [3.63, 3.8) is 0 Å². The summed E-state index contributed by atoms with van der Waals surface area (Å²) in [5, 5.41) is 17.9.